The van der Waals surface area contributed by atoms with Gasteiger partial charge in [0.05, 0.1) is 12.2 Å². The molecule has 0 saturated heterocycles. The van der Waals surface area contributed by atoms with E-state index in [2.05, 4.69) is 15.6 Å². The van der Waals surface area contributed by atoms with Crippen LogP contribution in [0.15, 0.2) is 6.20 Å². The topological polar surface area (TPSA) is 111 Å². The molecule has 0 aliphatic rings. The van der Waals surface area contributed by atoms with Crippen molar-refractivity contribution < 1.29 is 19.5 Å². The molecular weight excluding hydrogens is 262 g/mol. The normalized spacial score (nSPS) is 11.0. The number of H-pyrrole nitrogens is 1. The van der Waals surface area contributed by atoms with E-state index in [4.69, 9.17) is 5.11 Å². The number of aryl methyl sites for hydroxylation is 1. The van der Waals surface area contributed by atoms with Crippen LogP contribution < -0.4 is 10.6 Å². The molecule has 110 valence electrons. The largest absolute Gasteiger partial charge is 0.478 e. The molecule has 7 nitrogen and oxygen atoms in total. The first kappa shape index (κ1) is 15.7. The van der Waals surface area contributed by atoms with Crippen molar-refractivity contribution >= 4 is 23.5 Å². The predicted molar refractivity (Wildman–Crippen MR) is 73.6 cm³/mol. The fraction of sp³-hybridized carbons (Fsp3) is 0.462. The van der Waals surface area contributed by atoms with Gasteiger partial charge in [0.1, 0.15) is 5.56 Å². The van der Waals surface area contributed by atoms with Gasteiger partial charge >= 0.3 is 5.97 Å². The highest BCUT2D eigenvalue weighted by Gasteiger charge is 2.22. The maximum Gasteiger partial charge on any atom is 0.339 e. The summed E-state index contributed by atoms with van der Waals surface area (Å²) >= 11 is 0. The Hall–Kier alpha value is -2.31. The fourth-order valence-corrected chi connectivity index (χ4v) is 1.52. The molecule has 1 aromatic heterocycles. The molecule has 20 heavy (non-hydrogen) atoms. The van der Waals surface area contributed by atoms with E-state index in [0.717, 1.165) is 0 Å². The first-order valence-corrected chi connectivity index (χ1v) is 6.12. The molecule has 2 amide bonds. The van der Waals surface area contributed by atoms with Gasteiger partial charge in [-0.05, 0) is 6.92 Å². The lowest BCUT2D eigenvalue weighted by atomic mass is 9.96. The number of hydrogen-bond acceptors (Lipinski definition) is 3. The second-order valence-corrected chi connectivity index (χ2v) is 5.49. The number of aromatic nitrogens is 1. The van der Waals surface area contributed by atoms with Crippen LogP contribution in [0.4, 0.5) is 5.69 Å². The van der Waals surface area contributed by atoms with Crippen LogP contribution in [0.3, 0.4) is 0 Å². The van der Waals surface area contributed by atoms with Crippen molar-refractivity contribution in [3.05, 3.63) is 17.5 Å². The summed E-state index contributed by atoms with van der Waals surface area (Å²) in [5.41, 5.74) is 0.0639. The number of nitrogens with one attached hydrogen (secondary N) is 3. The van der Waals surface area contributed by atoms with Gasteiger partial charge in [-0.3, -0.25) is 9.59 Å². The summed E-state index contributed by atoms with van der Waals surface area (Å²) in [6.45, 7) is 6.59. The molecular formula is C13H19N3O4. The van der Waals surface area contributed by atoms with E-state index in [1.165, 1.54) is 6.20 Å². The summed E-state index contributed by atoms with van der Waals surface area (Å²) in [6.07, 6.45) is 1.41. The molecule has 1 heterocycles. The van der Waals surface area contributed by atoms with Gasteiger partial charge in [0.25, 0.3) is 0 Å². The maximum atomic E-state index is 11.7. The second kappa shape index (κ2) is 5.77. The summed E-state index contributed by atoms with van der Waals surface area (Å²) in [5.74, 6) is -1.86. The summed E-state index contributed by atoms with van der Waals surface area (Å²) < 4.78 is 0. The third kappa shape index (κ3) is 3.84. The molecule has 0 aromatic carbocycles. The van der Waals surface area contributed by atoms with Crippen molar-refractivity contribution in [3.8, 4) is 0 Å². The lowest BCUT2D eigenvalue weighted by Gasteiger charge is -2.17. The number of anilines is 1. The van der Waals surface area contributed by atoms with E-state index in [1.807, 2.05) is 0 Å². The van der Waals surface area contributed by atoms with Crippen LogP contribution in [-0.4, -0.2) is 34.4 Å². The zero-order chi connectivity index (χ0) is 15.5. The highest BCUT2D eigenvalue weighted by molar-refractivity contribution is 6.02. The Bertz CT molecular complexity index is 540. The van der Waals surface area contributed by atoms with Crippen molar-refractivity contribution in [2.24, 2.45) is 5.41 Å². The van der Waals surface area contributed by atoms with Crippen molar-refractivity contribution in [2.75, 3.05) is 11.9 Å². The molecule has 0 saturated carbocycles. The summed E-state index contributed by atoms with van der Waals surface area (Å²) in [7, 11) is 0. The quantitative estimate of drug-likeness (QED) is 0.662. The van der Waals surface area contributed by atoms with Crippen molar-refractivity contribution in [2.45, 2.75) is 27.7 Å². The molecule has 0 unspecified atom stereocenters. The van der Waals surface area contributed by atoms with Gasteiger partial charge in [-0.1, -0.05) is 20.8 Å². The van der Waals surface area contributed by atoms with Crippen molar-refractivity contribution in [3.63, 3.8) is 0 Å². The molecule has 0 aliphatic heterocycles. The molecule has 0 aliphatic carbocycles. The molecule has 0 spiro atoms. The summed E-state index contributed by atoms with van der Waals surface area (Å²) in [6, 6.07) is 0. The Morgan fingerprint density at radius 3 is 2.40 bits per heavy atom. The first-order chi connectivity index (χ1) is 9.12. The number of rotatable bonds is 4. The molecule has 0 fully saturated rings. The minimum absolute atomic E-state index is 0.0143. The minimum Gasteiger partial charge on any atom is -0.478 e. The van der Waals surface area contributed by atoms with Gasteiger partial charge in [-0.25, -0.2) is 4.79 Å². The van der Waals surface area contributed by atoms with Gasteiger partial charge in [0.15, 0.2) is 0 Å². The number of carbonyl (C=O) groups is 3. The molecule has 4 N–H and O–H groups in total. The predicted octanol–water partition coefficient (Wildman–Crippen LogP) is 1.12. The van der Waals surface area contributed by atoms with Crippen LogP contribution in [0, 0.1) is 12.3 Å². The number of amides is 2. The van der Waals surface area contributed by atoms with Crippen LogP contribution in [0.2, 0.25) is 0 Å². The van der Waals surface area contributed by atoms with Crippen LogP contribution >= 0.6 is 0 Å². The van der Waals surface area contributed by atoms with E-state index in [-0.39, 0.29) is 23.7 Å². The zero-order valence-corrected chi connectivity index (χ0v) is 12.0. The zero-order valence-electron chi connectivity index (χ0n) is 12.0. The Balaban J connectivity index is 2.64. The van der Waals surface area contributed by atoms with E-state index in [1.54, 1.807) is 27.7 Å². The lowest BCUT2D eigenvalue weighted by molar-refractivity contribution is -0.130. The Morgan fingerprint density at radius 2 is 1.90 bits per heavy atom. The third-order valence-corrected chi connectivity index (χ3v) is 2.66. The van der Waals surface area contributed by atoms with Gasteiger partial charge in [-0.2, -0.15) is 0 Å². The monoisotopic (exact) mass is 281 g/mol. The van der Waals surface area contributed by atoms with E-state index in [0.29, 0.717) is 5.69 Å². The summed E-state index contributed by atoms with van der Waals surface area (Å²) in [4.78, 5) is 37.1. The first-order valence-electron chi connectivity index (χ1n) is 6.12. The highest BCUT2D eigenvalue weighted by Crippen LogP contribution is 2.18. The van der Waals surface area contributed by atoms with Crippen molar-refractivity contribution in [1.29, 1.82) is 0 Å². The molecule has 1 aromatic rings. The fourth-order valence-electron chi connectivity index (χ4n) is 1.52. The summed E-state index contributed by atoms with van der Waals surface area (Å²) in [5, 5.41) is 14.0. The van der Waals surface area contributed by atoms with Gasteiger partial charge in [0, 0.05) is 17.3 Å². The SMILES string of the molecule is Cc1[nH]cc(NC(=O)CNC(=O)C(C)(C)C)c1C(=O)O. The van der Waals surface area contributed by atoms with E-state index in [9.17, 15) is 14.4 Å². The van der Waals surface area contributed by atoms with Crippen LogP contribution in [0.1, 0.15) is 36.8 Å². The number of hydrogen-bond donors (Lipinski definition) is 4. The third-order valence-electron chi connectivity index (χ3n) is 2.66. The number of carboxylic acid groups (broad SMARTS) is 1. The molecule has 0 radical (unpaired) electrons. The Labute approximate surface area is 116 Å². The van der Waals surface area contributed by atoms with Gasteiger partial charge in [0.2, 0.25) is 11.8 Å². The van der Waals surface area contributed by atoms with Gasteiger partial charge in [-0.15, -0.1) is 0 Å². The second-order valence-electron chi connectivity index (χ2n) is 5.49. The van der Waals surface area contributed by atoms with E-state index >= 15 is 0 Å². The Kier molecular flexibility index (Phi) is 4.54. The maximum absolute atomic E-state index is 11.7. The van der Waals surface area contributed by atoms with E-state index < -0.39 is 17.3 Å². The number of aromatic amines is 1. The Morgan fingerprint density at radius 1 is 1.30 bits per heavy atom. The minimum atomic E-state index is -1.13. The van der Waals surface area contributed by atoms with Crippen LogP contribution in [0.5, 0.6) is 0 Å². The van der Waals surface area contributed by atoms with Gasteiger partial charge < -0.3 is 20.7 Å². The van der Waals surface area contributed by atoms with Crippen LogP contribution in [-0.2, 0) is 9.59 Å². The number of aromatic carboxylic acids is 1. The smallest absolute Gasteiger partial charge is 0.339 e. The number of carbonyl (C=O) groups excluding carboxylic acids is 2. The lowest BCUT2D eigenvalue weighted by Crippen LogP contribution is -2.39. The average molecular weight is 281 g/mol. The number of carboxylic acids is 1. The highest BCUT2D eigenvalue weighted by atomic mass is 16.4. The van der Waals surface area contributed by atoms with Crippen LogP contribution in [0.25, 0.3) is 0 Å². The molecule has 0 bridgehead atoms. The molecule has 7 heteroatoms. The molecule has 0 atom stereocenters. The standard InChI is InChI=1S/C13H19N3O4/c1-7-10(11(18)19)8(5-14-7)16-9(17)6-15-12(20)13(2,3)4/h5,14H,6H2,1-4H3,(H,15,20)(H,16,17)(H,18,19). The van der Waals surface area contributed by atoms with Crippen molar-refractivity contribution in [1.82, 2.24) is 10.3 Å². The molecule has 1 rings (SSSR count). The average Bonchev–Trinajstić information content (AvgIpc) is 2.66.